The summed E-state index contributed by atoms with van der Waals surface area (Å²) in [6.07, 6.45) is 6.74. The number of aromatic nitrogens is 6. The highest BCUT2D eigenvalue weighted by Crippen LogP contribution is 2.35. The largest absolute Gasteiger partial charge is 0.354 e. The molecule has 5 rings (SSSR count). The molecule has 0 aromatic carbocycles. The molecule has 26 heavy (non-hydrogen) atoms. The molecule has 2 fully saturated rings. The smallest absolute Gasteiger partial charge is 0.254 e. The monoisotopic (exact) mass is 352 g/mol. The molecular formula is C17H20N8O. The number of rotatable bonds is 5. The molecule has 1 aliphatic heterocycles. The summed E-state index contributed by atoms with van der Waals surface area (Å²) in [7, 11) is 0. The van der Waals surface area contributed by atoms with Gasteiger partial charge in [0.15, 0.2) is 11.5 Å². The molecule has 2 N–H and O–H groups in total. The number of fused-ring (bicyclic) bond motifs is 1. The first-order valence-electron chi connectivity index (χ1n) is 9.02. The third-order valence-electron chi connectivity index (χ3n) is 5.34. The molecule has 0 atom stereocenters. The second kappa shape index (κ2) is 6.08. The summed E-state index contributed by atoms with van der Waals surface area (Å²) in [6, 6.07) is 3.97. The first kappa shape index (κ1) is 15.3. The first-order chi connectivity index (χ1) is 12.8. The second-order valence-electron chi connectivity index (χ2n) is 7.12. The molecule has 0 unspecified atom stereocenters. The zero-order valence-electron chi connectivity index (χ0n) is 14.3. The van der Waals surface area contributed by atoms with Gasteiger partial charge < -0.3 is 10.2 Å². The minimum Gasteiger partial charge on any atom is -0.354 e. The number of nitrogens with one attached hydrogen (secondary N) is 2. The Balaban J connectivity index is 1.21. The Bertz CT molecular complexity index is 924. The summed E-state index contributed by atoms with van der Waals surface area (Å²) in [5.74, 6) is 2.75. The van der Waals surface area contributed by atoms with Crippen molar-refractivity contribution in [2.75, 3.05) is 24.5 Å². The number of H-pyrrole nitrogens is 1. The van der Waals surface area contributed by atoms with Crippen molar-refractivity contribution in [3.05, 3.63) is 35.9 Å². The standard InChI is InChI=1S/C17H20N8O/c26-17(13-7-19-20-8-13)18-6-11-9-24(10-11)15-5-4-14-21-22-16(25(14)23-15)12-2-1-3-12/h4-5,7-8,11-12H,1-3,6,9-10H2,(H,18,26)(H,19,20). The average Bonchev–Trinajstić information content (AvgIpc) is 3.22. The highest BCUT2D eigenvalue weighted by molar-refractivity contribution is 5.93. The fraction of sp³-hybridized carbons (Fsp3) is 0.471. The van der Waals surface area contributed by atoms with Crippen LogP contribution in [0.3, 0.4) is 0 Å². The van der Waals surface area contributed by atoms with Gasteiger partial charge in [-0.2, -0.15) is 9.61 Å². The Morgan fingerprint density at radius 3 is 2.88 bits per heavy atom. The minimum atomic E-state index is -0.0913. The quantitative estimate of drug-likeness (QED) is 0.709. The summed E-state index contributed by atoms with van der Waals surface area (Å²) in [4.78, 5) is 14.2. The van der Waals surface area contributed by atoms with Crippen molar-refractivity contribution in [1.82, 2.24) is 35.3 Å². The van der Waals surface area contributed by atoms with Gasteiger partial charge in [-0.25, -0.2) is 0 Å². The van der Waals surface area contributed by atoms with Crippen molar-refractivity contribution >= 4 is 17.4 Å². The van der Waals surface area contributed by atoms with Crippen LogP contribution in [0.4, 0.5) is 5.82 Å². The molecule has 134 valence electrons. The van der Waals surface area contributed by atoms with Crippen LogP contribution in [0.25, 0.3) is 5.65 Å². The Labute approximate surface area is 149 Å². The van der Waals surface area contributed by atoms with Crippen LogP contribution in [0.2, 0.25) is 0 Å². The van der Waals surface area contributed by atoms with Crippen molar-refractivity contribution in [1.29, 1.82) is 0 Å². The third kappa shape index (κ3) is 2.59. The number of carbonyl (C=O) groups is 1. The van der Waals surface area contributed by atoms with Crippen LogP contribution in [0.1, 0.15) is 41.4 Å². The maximum atomic E-state index is 11.9. The van der Waals surface area contributed by atoms with Crippen LogP contribution in [0.15, 0.2) is 24.5 Å². The lowest BCUT2D eigenvalue weighted by molar-refractivity contribution is 0.0944. The molecule has 2 aliphatic rings. The van der Waals surface area contributed by atoms with E-state index in [-0.39, 0.29) is 5.91 Å². The Morgan fingerprint density at radius 1 is 1.27 bits per heavy atom. The molecule has 9 nitrogen and oxygen atoms in total. The first-order valence-corrected chi connectivity index (χ1v) is 9.02. The zero-order valence-corrected chi connectivity index (χ0v) is 14.3. The van der Waals surface area contributed by atoms with Crippen LogP contribution in [-0.4, -0.2) is 55.6 Å². The Hall–Kier alpha value is -2.97. The lowest BCUT2D eigenvalue weighted by Crippen LogP contribution is -2.52. The van der Waals surface area contributed by atoms with Crippen molar-refractivity contribution in [2.45, 2.75) is 25.2 Å². The summed E-state index contributed by atoms with van der Waals surface area (Å²) in [5, 5.41) is 22.7. The zero-order chi connectivity index (χ0) is 17.5. The molecule has 3 aromatic heterocycles. The highest BCUT2D eigenvalue weighted by Gasteiger charge is 2.30. The van der Waals surface area contributed by atoms with E-state index in [9.17, 15) is 4.79 Å². The summed E-state index contributed by atoms with van der Waals surface area (Å²) in [6.45, 7) is 2.42. The lowest BCUT2D eigenvalue weighted by Gasteiger charge is -2.40. The van der Waals surface area contributed by atoms with Gasteiger partial charge in [-0.1, -0.05) is 6.42 Å². The molecule has 0 radical (unpaired) electrons. The van der Waals surface area contributed by atoms with Gasteiger partial charge >= 0.3 is 0 Å². The SMILES string of the molecule is O=C(NCC1CN(c2ccc3nnc(C4CCC4)n3n2)C1)c1cn[nH]c1. The van der Waals surface area contributed by atoms with Gasteiger partial charge in [0.25, 0.3) is 5.91 Å². The molecule has 0 spiro atoms. The number of hydrogen-bond acceptors (Lipinski definition) is 6. The van der Waals surface area contributed by atoms with Gasteiger partial charge in [0.1, 0.15) is 5.82 Å². The van der Waals surface area contributed by atoms with Crippen molar-refractivity contribution in [2.24, 2.45) is 5.92 Å². The highest BCUT2D eigenvalue weighted by atomic mass is 16.1. The Morgan fingerprint density at radius 2 is 2.15 bits per heavy atom. The number of nitrogens with zero attached hydrogens (tertiary/aromatic N) is 6. The van der Waals surface area contributed by atoms with Crippen molar-refractivity contribution in [3.63, 3.8) is 0 Å². The maximum Gasteiger partial charge on any atom is 0.254 e. The predicted molar refractivity (Wildman–Crippen MR) is 94.0 cm³/mol. The number of hydrogen-bond donors (Lipinski definition) is 2. The number of amides is 1. The molecule has 9 heteroatoms. The molecule has 3 aromatic rings. The van der Waals surface area contributed by atoms with Crippen LogP contribution in [0.5, 0.6) is 0 Å². The second-order valence-corrected chi connectivity index (χ2v) is 7.12. The predicted octanol–water partition coefficient (Wildman–Crippen LogP) is 0.981. The van der Waals surface area contributed by atoms with Crippen LogP contribution in [0, 0.1) is 5.92 Å². The number of anilines is 1. The van der Waals surface area contributed by atoms with Crippen molar-refractivity contribution in [3.8, 4) is 0 Å². The van der Waals surface area contributed by atoms with E-state index < -0.39 is 0 Å². The van der Waals surface area contributed by atoms with Gasteiger partial charge in [-0.15, -0.1) is 15.3 Å². The Kier molecular flexibility index (Phi) is 3.58. The van der Waals surface area contributed by atoms with Gasteiger partial charge in [0.2, 0.25) is 0 Å². The van der Waals surface area contributed by atoms with Crippen LogP contribution < -0.4 is 10.2 Å². The third-order valence-corrected chi connectivity index (χ3v) is 5.34. The van der Waals surface area contributed by atoms with E-state index in [0.717, 1.165) is 30.4 Å². The molecule has 0 bridgehead atoms. The maximum absolute atomic E-state index is 11.9. The number of carbonyl (C=O) groups excluding carboxylic acids is 1. The minimum absolute atomic E-state index is 0.0913. The normalized spacial score (nSPS) is 17.9. The van der Waals surface area contributed by atoms with Gasteiger partial charge in [-0.05, 0) is 25.0 Å². The average molecular weight is 352 g/mol. The molecular weight excluding hydrogens is 332 g/mol. The lowest BCUT2D eigenvalue weighted by atomic mass is 9.85. The van der Waals surface area contributed by atoms with E-state index in [4.69, 9.17) is 5.10 Å². The van der Waals surface area contributed by atoms with Gasteiger partial charge in [0, 0.05) is 37.7 Å². The molecule has 4 heterocycles. The topological polar surface area (TPSA) is 104 Å². The molecule has 1 aliphatic carbocycles. The van der Waals surface area contributed by atoms with Gasteiger partial charge in [-0.3, -0.25) is 9.89 Å². The van der Waals surface area contributed by atoms with E-state index in [1.165, 1.54) is 25.5 Å². The van der Waals surface area contributed by atoms with E-state index in [1.807, 2.05) is 16.6 Å². The van der Waals surface area contributed by atoms with Crippen molar-refractivity contribution < 1.29 is 4.79 Å². The molecule has 1 saturated heterocycles. The van der Waals surface area contributed by atoms with E-state index >= 15 is 0 Å². The fourth-order valence-electron chi connectivity index (χ4n) is 3.49. The summed E-state index contributed by atoms with van der Waals surface area (Å²) in [5.41, 5.74) is 1.37. The summed E-state index contributed by atoms with van der Waals surface area (Å²) < 4.78 is 1.90. The van der Waals surface area contributed by atoms with E-state index in [1.54, 1.807) is 6.20 Å². The molecule has 1 saturated carbocycles. The van der Waals surface area contributed by atoms with E-state index in [2.05, 4.69) is 30.6 Å². The van der Waals surface area contributed by atoms with E-state index in [0.29, 0.717) is 23.9 Å². The van der Waals surface area contributed by atoms with Crippen LogP contribution >= 0.6 is 0 Å². The fourth-order valence-corrected chi connectivity index (χ4v) is 3.49. The summed E-state index contributed by atoms with van der Waals surface area (Å²) >= 11 is 0. The van der Waals surface area contributed by atoms with Gasteiger partial charge in [0.05, 0.1) is 11.8 Å². The van der Waals surface area contributed by atoms with Crippen LogP contribution in [-0.2, 0) is 0 Å². The number of aromatic amines is 1. The molecule has 1 amide bonds.